The minimum absolute atomic E-state index is 0.0123. The van der Waals surface area contributed by atoms with Gasteiger partial charge in [0.1, 0.15) is 18.1 Å². The third-order valence-corrected chi connectivity index (χ3v) is 7.45. The first-order valence-electron chi connectivity index (χ1n) is 13.0. The number of benzene rings is 4. The molecule has 0 aliphatic rings. The number of nitrogens with zero attached hydrogens (tertiary/aromatic N) is 4. The smallest absolute Gasteiger partial charge is 0.237 e. The summed E-state index contributed by atoms with van der Waals surface area (Å²) in [5.74, 6) is 2.26. The molecule has 0 radical (unpaired) electrons. The Morgan fingerprint density at radius 3 is 2.30 bits per heavy atom. The van der Waals surface area contributed by atoms with E-state index in [1.807, 2.05) is 102 Å². The Morgan fingerprint density at radius 2 is 1.57 bits per heavy atom. The van der Waals surface area contributed by atoms with E-state index in [1.54, 1.807) is 0 Å². The van der Waals surface area contributed by atoms with Gasteiger partial charge in [-0.3, -0.25) is 9.36 Å². The van der Waals surface area contributed by atoms with Crippen molar-refractivity contribution in [3.63, 3.8) is 0 Å². The molecule has 0 aliphatic heterocycles. The number of aromatic nitrogens is 3. The van der Waals surface area contributed by atoms with Gasteiger partial charge in [0.25, 0.3) is 0 Å². The van der Waals surface area contributed by atoms with Crippen LogP contribution >= 0.6 is 23.4 Å². The van der Waals surface area contributed by atoms with Gasteiger partial charge in [0.05, 0.1) is 18.0 Å². The molecule has 1 heterocycles. The van der Waals surface area contributed by atoms with Gasteiger partial charge in [-0.2, -0.15) is 0 Å². The van der Waals surface area contributed by atoms with Crippen molar-refractivity contribution in [1.29, 1.82) is 0 Å². The van der Waals surface area contributed by atoms with Crippen molar-refractivity contribution in [2.45, 2.75) is 25.6 Å². The predicted octanol–water partition coefficient (Wildman–Crippen LogP) is 7.20. The number of halogens is 1. The van der Waals surface area contributed by atoms with Crippen LogP contribution in [0.2, 0.25) is 5.02 Å². The van der Waals surface area contributed by atoms with Gasteiger partial charge in [0, 0.05) is 22.6 Å². The number of anilines is 1. The lowest BCUT2D eigenvalue weighted by Crippen LogP contribution is -2.32. The molecular weight excluding hydrogens is 544 g/mol. The van der Waals surface area contributed by atoms with E-state index in [-0.39, 0.29) is 18.3 Å². The highest BCUT2D eigenvalue weighted by molar-refractivity contribution is 7.99. The zero-order valence-electron chi connectivity index (χ0n) is 22.3. The van der Waals surface area contributed by atoms with Gasteiger partial charge in [0.2, 0.25) is 5.91 Å². The van der Waals surface area contributed by atoms with Crippen LogP contribution in [0.3, 0.4) is 0 Å². The minimum atomic E-state index is -0.0123. The number of ether oxygens (including phenoxy) is 2. The molecule has 0 unspecified atom stereocenters. The van der Waals surface area contributed by atoms with Crippen molar-refractivity contribution in [3.05, 3.63) is 102 Å². The van der Waals surface area contributed by atoms with Crippen molar-refractivity contribution in [2.75, 3.05) is 23.8 Å². The lowest BCUT2D eigenvalue weighted by atomic mass is 10.1. The molecule has 0 N–H and O–H groups in total. The molecule has 5 aromatic rings. The number of fused-ring (bicyclic) bond motifs is 1. The van der Waals surface area contributed by atoms with Gasteiger partial charge in [-0.15, -0.1) is 10.2 Å². The van der Waals surface area contributed by atoms with Crippen molar-refractivity contribution in [2.24, 2.45) is 0 Å². The van der Waals surface area contributed by atoms with Crippen LogP contribution in [-0.2, 0) is 11.4 Å². The molecule has 0 spiro atoms. The summed E-state index contributed by atoms with van der Waals surface area (Å²) < 4.78 is 13.4. The van der Waals surface area contributed by atoms with Crippen molar-refractivity contribution >= 4 is 45.7 Å². The number of carbonyl (C=O) groups excluding carboxylic acids is 1. The van der Waals surface area contributed by atoms with Crippen LogP contribution in [0.15, 0.2) is 96.2 Å². The summed E-state index contributed by atoms with van der Waals surface area (Å²) in [4.78, 5) is 15.3. The maximum atomic E-state index is 13.5. The van der Waals surface area contributed by atoms with E-state index in [0.717, 1.165) is 27.9 Å². The zero-order valence-corrected chi connectivity index (χ0v) is 23.9. The SMILES string of the molecule is CCOc1ccc(OCc2nnc(SCC(=O)N(CC)c3cccc4ccccc34)n2-c2ccc(Cl)cc2)cc1. The van der Waals surface area contributed by atoms with Gasteiger partial charge in [0.15, 0.2) is 11.0 Å². The molecule has 0 aliphatic carbocycles. The summed E-state index contributed by atoms with van der Waals surface area (Å²) in [7, 11) is 0. The number of hydrogen-bond acceptors (Lipinski definition) is 6. The van der Waals surface area contributed by atoms with Gasteiger partial charge >= 0.3 is 0 Å². The zero-order chi connectivity index (χ0) is 27.9. The second-order valence-corrected chi connectivity index (χ2v) is 10.2. The summed E-state index contributed by atoms with van der Waals surface area (Å²) >= 11 is 7.49. The van der Waals surface area contributed by atoms with Crippen LogP contribution in [0.1, 0.15) is 19.7 Å². The van der Waals surface area contributed by atoms with Gasteiger partial charge in [-0.25, -0.2) is 0 Å². The second kappa shape index (κ2) is 12.9. The van der Waals surface area contributed by atoms with E-state index in [0.29, 0.717) is 34.9 Å². The largest absolute Gasteiger partial charge is 0.494 e. The molecule has 4 aromatic carbocycles. The molecule has 9 heteroatoms. The average molecular weight is 573 g/mol. The fourth-order valence-corrected chi connectivity index (χ4v) is 5.39. The monoisotopic (exact) mass is 572 g/mol. The van der Waals surface area contributed by atoms with E-state index in [4.69, 9.17) is 21.1 Å². The summed E-state index contributed by atoms with van der Waals surface area (Å²) in [5, 5.41) is 12.2. The maximum absolute atomic E-state index is 13.5. The average Bonchev–Trinajstić information content (AvgIpc) is 3.39. The van der Waals surface area contributed by atoms with E-state index in [9.17, 15) is 4.79 Å². The van der Waals surface area contributed by atoms with Gasteiger partial charge < -0.3 is 14.4 Å². The Morgan fingerprint density at radius 1 is 0.875 bits per heavy atom. The van der Waals surface area contributed by atoms with Crippen molar-refractivity contribution in [3.8, 4) is 17.2 Å². The molecule has 1 aromatic heterocycles. The Hall–Kier alpha value is -4.01. The summed E-state index contributed by atoms with van der Waals surface area (Å²) in [5.41, 5.74) is 1.73. The number of thioether (sulfide) groups is 1. The third kappa shape index (κ3) is 6.24. The topological polar surface area (TPSA) is 69.5 Å². The van der Waals surface area contributed by atoms with Gasteiger partial charge in [-0.1, -0.05) is 59.8 Å². The summed E-state index contributed by atoms with van der Waals surface area (Å²) in [6.45, 7) is 5.27. The lowest BCUT2D eigenvalue weighted by Gasteiger charge is -2.22. The Kier molecular flexibility index (Phi) is 8.88. The normalized spacial score (nSPS) is 11.0. The lowest BCUT2D eigenvalue weighted by molar-refractivity contribution is -0.116. The van der Waals surface area contributed by atoms with E-state index in [2.05, 4.69) is 22.3 Å². The number of amides is 1. The van der Waals surface area contributed by atoms with Crippen LogP contribution in [0.25, 0.3) is 16.5 Å². The molecule has 1 amide bonds. The van der Waals surface area contributed by atoms with Crippen LogP contribution < -0.4 is 14.4 Å². The molecule has 0 fully saturated rings. The van der Waals surface area contributed by atoms with Crippen LogP contribution in [0.4, 0.5) is 5.69 Å². The van der Waals surface area contributed by atoms with Crippen molar-refractivity contribution in [1.82, 2.24) is 14.8 Å². The number of carbonyl (C=O) groups is 1. The van der Waals surface area contributed by atoms with Crippen LogP contribution in [0.5, 0.6) is 11.5 Å². The third-order valence-electron chi connectivity index (χ3n) is 6.29. The van der Waals surface area contributed by atoms with Crippen LogP contribution in [-0.4, -0.2) is 39.6 Å². The molecule has 7 nitrogen and oxygen atoms in total. The van der Waals surface area contributed by atoms with E-state index < -0.39 is 0 Å². The fraction of sp³-hybridized carbons (Fsp3) is 0.194. The van der Waals surface area contributed by atoms with Gasteiger partial charge in [-0.05, 0) is 73.8 Å². The molecule has 204 valence electrons. The quantitative estimate of drug-likeness (QED) is 0.156. The highest BCUT2D eigenvalue weighted by Gasteiger charge is 2.20. The minimum Gasteiger partial charge on any atom is -0.494 e. The van der Waals surface area contributed by atoms with Crippen LogP contribution in [0, 0.1) is 0 Å². The van der Waals surface area contributed by atoms with Crippen molar-refractivity contribution < 1.29 is 14.3 Å². The van der Waals surface area contributed by atoms with E-state index in [1.165, 1.54) is 11.8 Å². The molecular formula is C31H29ClN4O3S. The van der Waals surface area contributed by atoms with E-state index >= 15 is 0 Å². The Labute approximate surface area is 242 Å². The number of hydrogen-bond donors (Lipinski definition) is 0. The highest BCUT2D eigenvalue weighted by atomic mass is 35.5. The fourth-order valence-electron chi connectivity index (χ4n) is 4.41. The Balaban J connectivity index is 1.36. The molecule has 40 heavy (non-hydrogen) atoms. The molecule has 0 bridgehead atoms. The predicted molar refractivity (Wildman–Crippen MR) is 161 cm³/mol. The molecule has 0 saturated heterocycles. The first-order valence-corrected chi connectivity index (χ1v) is 14.4. The Bertz CT molecular complexity index is 1580. The summed E-state index contributed by atoms with van der Waals surface area (Å²) in [6, 6.07) is 29.0. The second-order valence-electron chi connectivity index (χ2n) is 8.83. The summed E-state index contributed by atoms with van der Waals surface area (Å²) in [6.07, 6.45) is 0. The molecule has 0 atom stereocenters. The first kappa shape index (κ1) is 27.6. The first-order chi connectivity index (χ1) is 19.6. The molecule has 0 saturated carbocycles. The highest BCUT2D eigenvalue weighted by Crippen LogP contribution is 2.29. The maximum Gasteiger partial charge on any atom is 0.237 e. The number of rotatable bonds is 11. The molecule has 5 rings (SSSR count). The standard InChI is InChI=1S/C31H29ClN4O3S/c1-3-35(28-11-7-9-22-8-5-6-10-27(22)28)30(37)21-40-31-34-33-29(36(31)24-14-12-23(32)13-15-24)20-39-26-18-16-25(17-19-26)38-4-2/h5-19H,3-4,20-21H2,1-2H3.